The van der Waals surface area contributed by atoms with Crippen LogP contribution in [0.15, 0.2) is 47.1 Å². The first-order chi connectivity index (χ1) is 17.8. The minimum absolute atomic E-state index is 0.120. The van der Waals surface area contributed by atoms with Gasteiger partial charge in [0.25, 0.3) is 0 Å². The van der Waals surface area contributed by atoms with Crippen molar-refractivity contribution in [2.24, 2.45) is 10.9 Å². The summed E-state index contributed by atoms with van der Waals surface area (Å²) in [5, 5.41) is 10.9. The highest BCUT2D eigenvalue weighted by Gasteiger charge is 2.34. The van der Waals surface area contributed by atoms with Crippen molar-refractivity contribution in [3.05, 3.63) is 57.7 Å². The Balaban J connectivity index is 1.50. The molecule has 8 heteroatoms. The summed E-state index contributed by atoms with van der Waals surface area (Å²) in [5.41, 5.74) is 3.76. The summed E-state index contributed by atoms with van der Waals surface area (Å²) in [4.78, 5) is 25.3. The van der Waals surface area contributed by atoms with E-state index in [1.165, 1.54) is 17.6 Å². The molecule has 2 aliphatic heterocycles. The number of nitrogens with zero attached hydrogens (tertiary/aromatic N) is 4. The number of hydrogen-bond donors (Lipinski definition) is 1. The van der Waals surface area contributed by atoms with Crippen LogP contribution in [0.1, 0.15) is 57.4 Å². The zero-order valence-corrected chi connectivity index (χ0v) is 23.6. The molecule has 2 atom stereocenters. The van der Waals surface area contributed by atoms with Crippen LogP contribution in [0.3, 0.4) is 0 Å². The molecule has 6 nitrogen and oxygen atoms in total. The second-order valence-electron chi connectivity index (χ2n) is 10.5. The number of carbonyl (C=O) groups excluding carboxylic acids is 1. The molecule has 1 N–H and O–H groups in total. The van der Waals surface area contributed by atoms with E-state index in [4.69, 9.17) is 28.2 Å². The number of likely N-dealkylation sites (tertiary alicyclic amines) is 1. The quantitative estimate of drug-likeness (QED) is 0.369. The first-order valence-corrected chi connectivity index (χ1v) is 14.4. The third kappa shape index (κ3) is 6.59. The fourth-order valence-corrected chi connectivity index (χ4v) is 6.25. The molecule has 0 saturated carbocycles. The van der Waals surface area contributed by atoms with Gasteiger partial charge >= 0.3 is 0 Å². The van der Waals surface area contributed by atoms with Gasteiger partial charge in [-0.25, -0.2) is 4.99 Å². The predicted octanol–water partition coefficient (Wildman–Crippen LogP) is 5.36. The summed E-state index contributed by atoms with van der Waals surface area (Å²) in [7, 11) is 0. The van der Waals surface area contributed by atoms with Crippen LogP contribution in [0.4, 0.5) is 0 Å². The minimum atomic E-state index is -0.331. The summed E-state index contributed by atoms with van der Waals surface area (Å²) in [6, 6.07) is 5.52. The SMILES string of the molecule is C=CN=C(C1=C(CC)CC[C@H]1C)N1CCN(C(=O)[C@@H](CN2CCC(O)CC2)c2ccc(Cl)c(Cl)c2)CC1. The lowest BCUT2D eigenvalue weighted by Crippen LogP contribution is -2.53. The average molecular weight is 548 g/mol. The van der Waals surface area contributed by atoms with Crippen molar-refractivity contribution in [1.82, 2.24) is 14.7 Å². The van der Waals surface area contributed by atoms with Crippen molar-refractivity contribution >= 4 is 34.9 Å². The molecule has 0 unspecified atom stereocenters. The van der Waals surface area contributed by atoms with Gasteiger partial charge < -0.3 is 19.8 Å². The van der Waals surface area contributed by atoms with E-state index in [1.807, 2.05) is 17.0 Å². The highest BCUT2D eigenvalue weighted by molar-refractivity contribution is 6.42. The molecule has 2 saturated heterocycles. The molecule has 3 aliphatic rings. The first-order valence-electron chi connectivity index (χ1n) is 13.6. The van der Waals surface area contributed by atoms with Gasteiger partial charge in [0.15, 0.2) is 0 Å². The van der Waals surface area contributed by atoms with Crippen LogP contribution in [0.5, 0.6) is 0 Å². The number of aliphatic hydroxyl groups is 1. The van der Waals surface area contributed by atoms with Crippen LogP contribution in [-0.2, 0) is 4.79 Å². The van der Waals surface area contributed by atoms with Gasteiger partial charge in [-0.3, -0.25) is 4.79 Å². The molecule has 1 aromatic rings. The van der Waals surface area contributed by atoms with Crippen LogP contribution in [-0.4, -0.2) is 83.5 Å². The molecule has 0 radical (unpaired) electrons. The fourth-order valence-electron chi connectivity index (χ4n) is 5.95. The number of hydrogen-bond acceptors (Lipinski definition) is 4. The third-order valence-corrected chi connectivity index (χ3v) is 8.91. The van der Waals surface area contributed by atoms with E-state index in [0.29, 0.717) is 35.6 Å². The largest absolute Gasteiger partial charge is 0.393 e. The van der Waals surface area contributed by atoms with E-state index >= 15 is 0 Å². The summed E-state index contributed by atoms with van der Waals surface area (Å²) >= 11 is 12.5. The zero-order valence-electron chi connectivity index (χ0n) is 22.1. The molecule has 1 amide bonds. The summed E-state index contributed by atoms with van der Waals surface area (Å²) in [5.74, 6) is 1.32. The van der Waals surface area contributed by atoms with Crippen LogP contribution in [0, 0.1) is 5.92 Å². The number of piperazine rings is 1. The Kier molecular flexibility index (Phi) is 9.73. The lowest BCUT2D eigenvalue weighted by Gasteiger charge is -2.40. The lowest BCUT2D eigenvalue weighted by atomic mass is 9.95. The van der Waals surface area contributed by atoms with E-state index < -0.39 is 0 Å². The van der Waals surface area contributed by atoms with Gasteiger partial charge in [0.2, 0.25) is 5.91 Å². The van der Waals surface area contributed by atoms with E-state index in [1.54, 1.807) is 12.3 Å². The Bertz CT molecular complexity index is 1040. The van der Waals surface area contributed by atoms with Gasteiger partial charge in [-0.05, 0) is 61.3 Å². The summed E-state index contributed by atoms with van der Waals surface area (Å²) in [6.45, 7) is 13.4. The lowest BCUT2D eigenvalue weighted by molar-refractivity contribution is -0.134. The number of piperidine rings is 1. The van der Waals surface area contributed by atoms with Crippen molar-refractivity contribution in [2.75, 3.05) is 45.8 Å². The number of rotatable bonds is 7. The van der Waals surface area contributed by atoms with Crippen molar-refractivity contribution in [1.29, 1.82) is 0 Å². The summed E-state index contributed by atoms with van der Waals surface area (Å²) < 4.78 is 0. The van der Waals surface area contributed by atoms with Gasteiger partial charge in [-0.2, -0.15) is 0 Å². The molecule has 0 spiro atoms. The van der Waals surface area contributed by atoms with Crippen LogP contribution in [0.2, 0.25) is 10.0 Å². The molecular formula is C29H40Cl2N4O2. The maximum Gasteiger partial charge on any atom is 0.231 e. The second-order valence-corrected chi connectivity index (χ2v) is 11.3. The van der Waals surface area contributed by atoms with Gasteiger partial charge in [0.05, 0.1) is 22.1 Å². The van der Waals surface area contributed by atoms with Crippen LogP contribution < -0.4 is 0 Å². The highest BCUT2D eigenvalue weighted by atomic mass is 35.5. The standard InChI is InChI=1S/C29H40Cl2N4O2/c1-4-21-7-6-20(3)27(21)28(32-5-2)34-14-16-35(17-15-34)29(37)24(19-33-12-10-23(36)11-13-33)22-8-9-25(30)26(31)18-22/h5,8-9,18,20,23-24,36H,2,4,6-7,10-17,19H2,1,3H3/t20-,24+/m1/s1. The number of halogens is 2. The van der Waals surface area contributed by atoms with Crippen LogP contribution in [0.25, 0.3) is 0 Å². The van der Waals surface area contributed by atoms with E-state index in [0.717, 1.165) is 63.3 Å². The fraction of sp³-hybridized carbons (Fsp3) is 0.586. The molecule has 1 aromatic carbocycles. The van der Waals surface area contributed by atoms with E-state index in [-0.39, 0.29) is 17.9 Å². The molecular weight excluding hydrogens is 507 g/mol. The van der Waals surface area contributed by atoms with Crippen molar-refractivity contribution in [3.8, 4) is 0 Å². The van der Waals surface area contributed by atoms with E-state index in [9.17, 15) is 9.90 Å². The molecule has 2 fully saturated rings. The topological polar surface area (TPSA) is 59.4 Å². The van der Waals surface area contributed by atoms with E-state index in [2.05, 4.69) is 30.2 Å². The predicted molar refractivity (Wildman–Crippen MR) is 152 cm³/mol. The average Bonchev–Trinajstić information content (AvgIpc) is 3.28. The number of amides is 1. The Morgan fingerprint density at radius 2 is 1.78 bits per heavy atom. The summed E-state index contributed by atoms with van der Waals surface area (Å²) in [6.07, 6.45) is 6.23. The molecule has 2 heterocycles. The maximum absolute atomic E-state index is 13.9. The van der Waals surface area contributed by atoms with Gasteiger partial charge in [-0.15, -0.1) is 0 Å². The number of carbonyl (C=O) groups is 1. The monoisotopic (exact) mass is 546 g/mol. The Morgan fingerprint density at radius 3 is 2.41 bits per heavy atom. The molecule has 202 valence electrons. The highest BCUT2D eigenvalue weighted by Crippen LogP contribution is 2.36. The van der Waals surface area contributed by atoms with Gasteiger partial charge in [0.1, 0.15) is 5.84 Å². The Labute approximate surface area is 231 Å². The molecule has 37 heavy (non-hydrogen) atoms. The van der Waals surface area contributed by atoms with Crippen molar-refractivity contribution < 1.29 is 9.90 Å². The number of aliphatic imine (C=N–C) groups is 1. The molecule has 0 aromatic heterocycles. The molecule has 1 aliphatic carbocycles. The van der Waals surface area contributed by atoms with Crippen LogP contribution >= 0.6 is 23.2 Å². The van der Waals surface area contributed by atoms with Gasteiger partial charge in [0, 0.05) is 52.0 Å². The normalized spacial score (nSPS) is 23.1. The number of benzene rings is 1. The van der Waals surface area contributed by atoms with Gasteiger partial charge in [-0.1, -0.05) is 55.3 Å². The molecule has 0 bridgehead atoms. The minimum Gasteiger partial charge on any atom is -0.393 e. The Hall–Kier alpha value is -1.86. The molecule has 4 rings (SSSR count). The van der Waals surface area contributed by atoms with Crippen molar-refractivity contribution in [3.63, 3.8) is 0 Å². The number of aliphatic hydroxyl groups excluding tert-OH is 1. The zero-order chi connectivity index (χ0) is 26.5. The third-order valence-electron chi connectivity index (χ3n) is 8.17. The smallest absolute Gasteiger partial charge is 0.231 e. The number of allylic oxidation sites excluding steroid dienone is 1. The Morgan fingerprint density at radius 1 is 1.11 bits per heavy atom. The second kappa shape index (κ2) is 12.8. The van der Waals surface area contributed by atoms with Crippen molar-refractivity contribution in [2.45, 2.75) is 58.0 Å². The number of amidine groups is 1. The first kappa shape index (κ1) is 28.2. The maximum atomic E-state index is 13.9.